The first-order chi connectivity index (χ1) is 7.85. The zero-order valence-corrected chi connectivity index (χ0v) is 12.2. The summed E-state index contributed by atoms with van der Waals surface area (Å²) in [5.41, 5.74) is 0. The number of nitrogens with zero attached hydrogens (tertiary/aromatic N) is 2. The first-order valence-electron chi connectivity index (χ1n) is 5.59. The van der Waals surface area contributed by atoms with Crippen molar-refractivity contribution in [3.63, 3.8) is 0 Å². The van der Waals surface area contributed by atoms with E-state index in [9.17, 15) is 13.2 Å². The Morgan fingerprint density at radius 3 is 2.24 bits per heavy atom. The minimum absolute atomic E-state index is 0.0499. The van der Waals surface area contributed by atoms with Crippen LogP contribution in [0.4, 0.5) is 0 Å². The summed E-state index contributed by atoms with van der Waals surface area (Å²) in [7, 11) is -0.131. The van der Waals surface area contributed by atoms with Gasteiger partial charge < -0.3 is 4.90 Å². The van der Waals surface area contributed by atoms with Gasteiger partial charge in [-0.25, -0.2) is 8.42 Å². The highest BCUT2D eigenvalue weighted by Gasteiger charge is 2.23. The number of hydrogen-bond acceptors (Lipinski definition) is 3. The molecule has 102 valence electrons. The van der Waals surface area contributed by atoms with E-state index in [1.165, 1.54) is 9.21 Å². The van der Waals surface area contributed by atoms with Crippen molar-refractivity contribution in [2.75, 3.05) is 38.8 Å². The molecule has 0 aromatic heterocycles. The quantitative estimate of drug-likeness (QED) is 0.488. The molecule has 0 saturated carbocycles. The van der Waals surface area contributed by atoms with Gasteiger partial charge in [0.15, 0.2) is 0 Å². The van der Waals surface area contributed by atoms with Gasteiger partial charge in [0.1, 0.15) is 0 Å². The minimum Gasteiger partial charge on any atom is -0.348 e. The lowest BCUT2D eigenvalue weighted by Crippen LogP contribution is -2.41. The summed E-state index contributed by atoms with van der Waals surface area (Å²) in [6, 6.07) is 0. The van der Waals surface area contributed by atoms with Gasteiger partial charge in [-0.2, -0.15) is 4.31 Å². The minimum atomic E-state index is -3.35. The van der Waals surface area contributed by atoms with Crippen LogP contribution >= 0.6 is 11.6 Å². The molecule has 0 atom stereocenters. The molecule has 0 aliphatic rings. The second kappa shape index (κ2) is 7.89. The second-order valence-electron chi connectivity index (χ2n) is 3.93. The molecule has 0 bridgehead atoms. The molecule has 0 aliphatic heterocycles. The van der Waals surface area contributed by atoms with Crippen LogP contribution in [0.3, 0.4) is 0 Å². The van der Waals surface area contributed by atoms with Crippen LogP contribution in [0, 0.1) is 0 Å². The molecule has 0 saturated heterocycles. The first kappa shape index (κ1) is 16.7. The second-order valence-corrected chi connectivity index (χ2v) is 6.39. The molecule has 0 spiro atoms. The maximum atomic E-state index is 11.9. The number of alkyl halides is 1. The van der Waals surface area contributed by atoms with Gasteiger partial charge in [-0.05, 0) is 12.8 Å². The SMILES string of the molecule is CCN(CC(=O)N(C)C)S(=O)(=O)CCCCCl. The Bertz CT molecular complexity index is 330. The van der Waals surface area contributed by atoms with Crippen LogP contribution in [-0.4, -0.2) is 62.3 Å². The Hall–Kier alpha value is -0.330. The molecule has 0 aromatic rings. The van der Waals surface area contributed by atoms with Crippen LogP contribution < -0.4 is 0 Å². The Balaban J connectivity index is 4.47. The lowest BCUT2D eigenvalue weighted by atomic mass is 10.4. The summed E-state index contributed by atoms with van der Waals surface area (Å²) in [4.78, 5) is 12.9. The molecule has 0 heterocycles. The number of rotatable bonds is 8. The summed E-state index contributed by atoms with van der Waals surface area (Å²) in [5.74, 6) is 0.291. The average Bonchev–Trinajstić information content (AvgIpc) is 2.25. The highest BCUT2D eigenvalue weighted by atomic mass is 35.5. The Morgan fingerprint density at radius 2 is 1.82 bits per heavy atom. The van der Waals surface area contributed by atoms with Crippen LogP contribution in [0.5, 0.6) is 0 Å². The topological polar surface area (TPSA) is 57.7 Å². The summed E-state index contributed by atoms with van der Waals surface area (Å²) in [5, 5.41) is 0. The van der Waals surface area contributed by atoms with Gasteiger partial charge in [-0.1, -0.05) is 6.92 Å². The largest absolute Gasteiger partial charge is 0.348 e. The Labute approximate surface area is 109 Å². The lowest BCUT2D eigenvalue weighted by Gasteiger charge is -2.21. The van der Waals surface area contributed by atoms with E-state index < -0.39 is 10.0 Å². The van der Waals surface area contributed by atoms with E-state index in [0.717, 1.165) is 0 Å². The Morgan fingerprint density at radius 1 is 1.24 bits per heavy atom. The van der Waals surface area contributed by atoms with Gasteiger partial charge in [0.2, 0.25) is 15.9 Å². The van der Waals surface area contributed by atoms with E-state index in [4.69, 9.17) is 11.6 Å². The van der Waals surface area contributed by atoms with E-state index in [-0.39, 0.29) is 18.2 Å². The number of amides is 1. The molecule has 1 amide bonds. The molecule has 0 radical (unpaired) electrons. The molecule has 0 fully saturated rings. The van der Waals surface area contributed by atoms with Crippen LogP contribution in [0.25, 0.3) is 0 Å². The number of sulfonamides is 1. The third-order valence-electron chi connectivity index (χ3n) is 2.34. The van der Waals surface area contributed by atoms with Crippen molar-refractivity contribution in [1.82, 2.24) is 9.21 Å². The van der Waals surface area contributed by atoms with Crippen molar-refractivity contribution >= 4 is 27.5 Å². The van der Waals surface area contributed by atoms with Gasteiger partial charge in [-0.15, -0.1) is 11.6 Å². The van der Waals surface area contributed by atoms with Crippen molar-refractivity contribution in [2.45, 2.75) is 19.8 Å². The highest BCUT2D eigenvalue weighted by molar-refractivity contribution is 7.89. The highest BCUT2D eigenvalue weighted by Crippen LogP contribution is 2.06. The summed E-state index contributed by atoms with van der Waals surface area (Å²) < 4.78 is 25.0. The van der Waals surface area contributed by atoms with Crippen molar-refractivity contribution in [3.05, 3.63) is 0 Å². The van der Waals surface area contributed by atoms with E-state index in [0.29, 0.717) is 25.3 Å². The van der Waals surface area contributed by atoms with Gasteiger partial charge in [0.05, 0.1) is 12.3 Å². The fourth-order valence-electron chi connectivity index (χ4n) is 1.21. The lowest BCUT2D eigenvalue weighted by molar-refractivity contribution is -0.128. The maximum Gasteiger partial charge on any atom is 0.237 e. The monoisotopic (exact) mass is 284 g/mol. The number of hydrogen-bond donors (Lipinski definition) is 0. The van der Waals surface area contributed by atoms with Crippen LogP contribution in [0.1, 0.15) is 19.8 Å². The number of carbonyl (C=O) groups excluding carboxylic acids is 1. The zero-order valence-electron chi connectivity index (χ0n) is 10.6. The standard InChI is InChI=1S/C10H21ClN2O3S/c1-4-13(9-10(14)12(2)3)17(15,16)8-6-5-7-11/h4-9H2,1-3H3. The third-order valence-corrected chi connectivity index (χ3v) is 4.59. The molecular formula is C10H21ClN2O3S. The smallest absolute Gasteiger partial charge is 0.237 e. The molecule has 0 N–H and O–H groups in total. The van der Waals surface area contributed by atoms with Crippen molar-refractivity contribution in [3.8, 4) is 0 Å². The number of likely N-dealkylation sites (N-methyl/N-ethyl adjacent to an activating group) is 2. The van der Waals surface area contributed by atoms with E-state index in [1.54, 1.807) is 21.0 Å². The molecule has 0 rings (SSSR count). The molecule has 0 unspecified atom stereocenters. The van der Waals surface area contributed by atoms with E-state index in [1.807, 2.05) is 0 Å². The first-order valence-corrected chi connectivity index (χ1v) is 7.73. The average molecular weight is 285 g/mol. The zero-order chi connectivity index (χ0) is 13.5. The van der Waals surface area contributed by atoms with Gasteiger partial charge in [0, 0.05) is 26.5 Å². The Kier molecular flexibility index (Phi) is 7.74. The van der Waals surface area contributed by atoms with Crippen LogP contribution in [0.15, 0.2) is 0 Å². The summed E-state index contributed by atoms with van der Waals surface area (Å²) in [6.45, 7) is 1.94. The van der Waals surface area contributed by atoms with Crippen molar-refractivity contribution in [2.24, 2.45) is 0 Å². The molecule has 0 aromatic carbocycles. The molecule has 0 aliphatic carbocycles. The van der Waals surface area contributed by atoms with Crippen LogP contribution in [-0.2, 0) is 14.8 Å². The van der Waals surface area contributed by atoms with Gasteiger partial charge >= 0.3 is 0 Å². The van der Waals surface area contributed by atoms with E-state index >= 15 is 0 Å². The van der Waals surface area contributed by atoms with Crippen LogP contribution in [0.2, 0.25) is 0 Å². The molecule has 7 heteroatoms. The van der Waals surface area contributed by atoms with E-state index in [2.05, 4.69) is 0 Å². The van der Waals surface area contributed by atoms with Gasteiger partial charge in [0.25, 0.3) is 0 Å². The predicted molar refractivity (Wildman–Crippen MR) is 69.7 cm³/mol. The third kappa shape index (κ3) is 6.24. The van der Waals surface area contributed by atoms with Crippen molar-refractivity contribution in [1.29, 1.82) is 0 Å². The fraction of sp³-hybridized carbons (Fsp3) is 0.900. The molecular weight excluding hydrogens is 264 g/mol. The molecule has 17 heavy (non-hydrogen) atoms. The number of unbranched alkanes of at least 4 members (excludes halogenated alkanes) is 1. The summed E-state index contributed by atoms with van der Waals surface area (Å²) >= 11 is 5.50. The van der Waals surface area contributed by atoms with Gasteiger partial charge in [-0.3, -0.25) is 4.79 Å². The predicted octanol–water partition coefficient (Wildman–Crippen LogP) is 0.745. The normalized spacial score (nSPS) is 11.8. The maximum absolute atomic E-state index is 11.9. The number of carbonyl (C=O) groups is 1. The number of halogens is 1. The molecule has 5 nitrogen and oxygen atoms in total. The fourth-order valence-corrected chi connectivity index (χ4v) is 2.92. The summed E-state index contributed by atoms with van der Waals surface area (Å²) in [6.07, 6.45) is 1.19. The van der Waals surface area contributed by atoms with Crippen molar-refractivity contribution < 1.29 is 13.2 Å².